The lowest BCUT2D eigenvalue weighted by molar-refractivity contribution is 0.0926. The van der Waals surface area contributed by atoms with Gasteiger partial charge < -0.3 is 10.6 Å². The van der Waals surface area contributed by atoms with Crippen LogP contribution in [-0.4, -0.2) is 23.0 Å². The summed E-state index contributed by atoms with van der Waals surface area (Å²) in [5.74, 6) is 0.796. The number of nitrogens with one attached hydrogen (secondary N) is 2. The van der Waals surface area contributed by atoms with Gasteiger partial charge in [-0.2, -0.15) is 5.26 Å². The van der Waals surface area contributed by atoms with E-state index in [1.165, 1.54) is 0 Å². The van der Waals surface area contributed by atoms with E-state index in [-0.39, 0.29) is 24.4 Å². The molecule has 1 heterocycles. The average molecular weight is 407 g/mol. The van der Waals surface area contributed by atoms with Crippen molar-refractivity contribution in [1.82, 2.24) is 10.3 Å². The molecule has 0 radical (unpaired) electrons. The van der Waals surface area contributed by atoms with E-state index in [9.17, 15) is 4.79 Å². The monoisotopic (exact) mass is 406 g/mol. The number of pyridine rings is 1. The Labute approximate surface area is 176 Å². The van der Waals surface area contributed by atoms with Crippen LogP contribution in [0.3, 0.4) is 0 Å². The van der Waals surface area contributed by atoms with Gasteiger partial charge in [-0.1, -0.05) is 24.3 Å². The van der Waals surface area contributed by atoms with Gasteiger partial charge >= 0.3 is 0 Å². The number of halogens is 1. The Morgan fingerprint density at radius 2 is 1.72 bits per heavy atom. The van der Waals surface area contributed by atoms with Crippen LogP contribution in [0.2, 0.25) is 0 Å². The first-order chi connectivity index (χ1) is 13.7. The van der Waals surface area contributed by atoms with E-state index in [0.717, 1.165) is 42.4 Å². The normalized spacial score (nSPS) is 18.3. The van der Waals surface area contributed by atoms with Crippen LogP contribution in [0.1, 0.15) is 41.6 Å². The molecule has 4 rings (SSSR count). The van der Waals surface area contributed by atoms with Crippen molar-refractivity contribution in [2.75, 3.05) is 5.32 Å². The van der Waals surface area contributed by atoms with E-state index in [1.807, 2.05) is 24.3 Å². The van der Waals surface area contributed by atoms with Crippen LogP contribution < -0.4 is 10.6 Å². The second-order valence-electron chi connectivity index (χ2n) is 7.25. The van der Waals surface area contributed by atoms with E-state index in [0.29, 0.717) is 17.2 Å². The summed E-state index contributed by atoms with van der Waals surface area (Å²) in [6.45, 7) is 0. The summed E-state index contributed by atoms with van der Waals surface area (Å²) >= 11 is 0. The zero-order chi connectivity index (χ0) is 19.3. The Morgan fingerprint density at radius 3 is 2.52 bits per heavy atom. The van der Waals surface area contributed by atoms with Crippen molar-refractivity contribution in [3.05, 3.63) is 71.8 Å². The number of anilines is 1. The van der Waals surface area contributed by atoms with Gasteiger partial charge in [-0.25, -0.2) is 4.98 Å². The Kier molecular flexibility index (Phi) is 6.69. The number of para-hydroxylation sites is 1. The molecule has 29 heavy (non-hydrogen) atoms. The third-order valence-electron chi connectivity index (χ3n) is 5.27. The highest BCUT2D eigenvalue weighted by atomic mass is 35.5. The molecule has 1 aromatic heterocycles. The second-order valence-corrected chi connectivity index (χ2v) is 7.25. The number of nitriles is 1. The number of rotatable bonds is 4. The number of benzene rings is 2. The number of hydrogen-bond acceptors (Lipinski definition) is 4. The number of amides is 1. The molecule has 3 aromatic rings. The van der Waals surface area contributed by atoms with Crippen molar-refractivity contribution < 1.29 is 4.79 Å². The molecule has 1 aliphatic carbocycles. The largest absolute Gasteiger partial charge is 0.367 e. The van der Waals surface area contributed by atoms with Gasteiger partial charge in [0.2, 0.25) is 0 Å². The molecule has 1 amide bonds. The van der Waals surface area contributed by atoms with Crippen LogP contribution in [0.4, 0.5) is 5.82 Å². The maximum Gasteiger partial charge on any atom is 0.251 e. The third kappa shape index (κ3) is 5.04. The van der Waals surface area contributed by atoms with Crippen molar-refractivity contribution in [3.63, 3.8) is 0 Å². The molecule has 0 saturated heterocycles. The smallest absolute Gasteiger partial charge is 0.251 e. The highest BCUT2D eigenvalue weighted by molar-refractivity contribution is 5.94. The fourth-order valence-electron chi connectivity index (χ4n) is 3.74. The van der Waals surface area contributed by atoms with Crippen LogP contribution in [-0.2, 0) is 0 Å². The van der Waals surface area contributed by atoms with Gasteiger partial charge in [0, 0.05) is 23.0 Å². The molecule has 1 saturated carbocycles. The standard InChI is InChI=1S/C23H22N4O.ClH/c24-15-16-4-3-6-18(14-16)23(28)26-20-11-9-19(10-12-20)25-22-13-8-17-5-1-2-7-21(17)27-22;/h1-8,13-14,19-20H,9-12H2,(H,25,27)(H,26,28);1H/t19-,20+;. The molecular weight excluding hydrogens is 384 g/mol. The summed E-state index contributed by atoms with van der Waals surface area (Å²) in [5.41, 5.74) is 2.04. The number of fused-ring (bicyclic) bond motifs is 1. The van der Waals surface area contributed by atoms with Gasteiger partial charge in [0.05, 0.1) is 17.1 Å². The third-order valence-corrected chi connectivity index (χ3v) is 5.27. The van der Waals surface area contributed by atoms with Crippen LogP contribution in [0.5, 0.6) is 0 Å². The van der Waals surface area contributed by atoms with E-state index in [2.05, 4.69) is 33.8 Å². The fraction of sp³-hybridized carbons (Fsp3) is 0.261. The van der Waals surface area contributed by atoms with Crippen LogP contribution in [0.15, 0.2) is 60.7 Å². The average Bonchev–Trinajstić information content (AvgIpc) is 2.75. The second kappa shape index (κ2) is 9.40. The van der Waals surface area contributed by atoms with E-state index in [4.69, 9.17) is 5.26 Å². The van der Waals surface area contributed by atoms with Crippen molar-refractivity contribution in [2.45, 2.75) is 37.8 Å². The lowest BCUT2D eigenvalue weighted by Crippen LogP contribution is -2.40. The maximum atomic E-state index is 12.4. The SMILES string of the molecule is Cl.N#Cc1cccc(C(=O)N[C@H]2CC[C@@H](Nc3ccc4ccccc4n3)CC2)c1. The Bertz CT molecular complexity index is 1040. The molecule has 0 aliphatic heterocycles. The Morgan fingerprint density at radius 1 is 0.966 bits per heavy atom. The first-order valence-corrected chi connectivity index (χ1v) is 9.64. The molecule has 0 spiro atoms. The minimum atomic E-state index is -0.107. The van der Waals surface area contributed by atoms with Crippen LogP contribution in [0, 0.1) is 11.3 Å². The topological polar surface area (TPSA) is 77.8 Å². The van der Waals surface area contributed by atoms with Crippen molar-refractivity contribution in [1.29, 1.82) is 5.26 Å². The predicted octanol–water partition coefficient (Wildman–Crippen LogP) is 4.68. The zero-order valence-corrected chi connectivity index (χ0v) is 16.8. The van der Waals surface area contributed by atoms with Crippen LogP contribution >= 0.6 is 12.4 Å². The van der Waals surface area contributed by atoms with Crippen molar-refractivity contribution >= 4 is 35.0 Å². The molecule has 6 heteroatoms. The van der Waals surface area contributed by atoms with Crippen molar-refractivity contribution in [3.8, 4) is 6.07 Å². The van der Waals surface area contributed by atoms with E-state index in [1.54, 1.807) is 24.3 Å². The van der Waals surface area contributed by atoms with Gasteiger partial charge in [0.25, 0.3) is 5.91 Å². The molecule has 1 aliphatic rings. The summed E-state index contributed by atoms with van der Waals surface area (Å²) in [7, 11) is 0. The molecule has 0 bridgehead atoms. The quantitative estimate of drug-likeness (QED) is 0.659. The summed E-state index contributed by atoms with van der Waals surface area (Å²) in [4.78, 5) is 17.1. The van der Waals surface area contributed by atoms with Gasteiger partial charge in [-0.3, -0.25) is 4.79 Å². The lowest BCUT2D eigenvalue weighted by atomic mass is 9.91. The number of carbonyl (C=O) groups is 1. The highest BCUT2D eigenvalue weighted by Crippen LogP contribution is 2.23. The molecule has 0 unspecified atom stereocenters. The maximum absolute atomic E-state index is 12.4. The molecule has 2 aromatic carbocycles. The minimum absolute atomic E-state index is 0. The van der Waals surface area contributed by atoms with Gasteiger partial charge in [0.1, 0.15) is 5.82 Å². The lowest BCUT2D eigenvalue weighted by Gasteiger charge is -2.30. The number of aromatic nitrogens is 1. The van der Waals surface area contributed by atoms with E-state index < -0.39 is 0 Å². The van der Waals surface area contributed by atoms with Crippen LogP contribution in [0.25, 0.3) is 10.9 Å². The first-order valence-electron chi connectivity index (χ1n) is 9.64. The van der Waals surface area contributed by atoms with Crippen molar-refractivity contribution in [2.24, 2.45) is 0 Å². The summed E-state index contributed by atoms with van der Waals surface area (Å²) in [6, 6.07) is 21.6. The summed E-state index contributed by atoms with van der Waals surface area (Å²) in [5, 5.41) is 16.8. The molecule has 148 valence electrons. The molecule has 0 atom stereocenters. The fourth-order valence-corrected chi connectivity index (χ4v) is 3.74. The number of carbonyl (C=O) groups excluding carboxylic acids is 1. The first kappa shape index (κ1) is 20.6. The minimum Gasteiger partial charge on any atom is -0.367 e. The highest BCUT2D eigenvalue weighted by Gasteiger charge is 2.23. The molecule has 5 nitrogen and oxygen atoms in total. The van der Waals surface area contributed by atoms with Gasteiger partial charge in [-0.15, -0.1) is 12.4 Å². The van der Waals surface area contributed by atoms with Gasteiger partial charge in [-0.05, 0) is 62.1 Å². The van der Waals surface area contributed by atoms with Gasteiger partial charge in [0.15, 0.2) is 0 Å². The summed E-state index contributed by atoms with van der Waals surface area (Å²) < 4.78 is 0. The number of hydrogen-bond donors (Lipinski definition) is 2. The summed E-state index contributed by atoms with van der Waals surface area (Å²) in [6.07, 6.45) is 3.82. The predicted molar refractivity (Wildman–Crippen MR) is 117 cm³/mol. The zero-order valence-electron chi connectivity index (χ0n) is 16.0. The van der Waals surface area contributed by atoms with E-state index >= 15 is 0 Å². The Hall–Kier alpha value is -3.10. The molecule has 1 fully saturated rings. The Balaban J connectivity index is 0.00000240. The number of nitrogens with zero attached hydrogens (tertiary/aromatic N) is 2. The molecule has 2 N–H and O–H groups in total. The molecular formula is C23H23ClN4O.